The number of nitrogens with zero attached hydrogens (tertiary/aromatic N) is 1. The zero-order chi connectivity index (χ0) is 9.78. The first-order valence-corrected chi connectivity index (χ1v) is 5.11. The molecule has 0 aromatic rings. The van der Waals surface area contributed by atoms with E-state index < -0.39 is 10.2 Å². The second-order valence-electron chi connectivity index (χ2n) is 2.84. The van der Waals surface area contributed by atoms with Crippen LogP contribution in [0.2, 0.25) is 0 Å². The molecule has 12 heavy (non-hydrogen) atoms. The largest absolute Gasteiger partial charge is 0.301 e. The Labute approximate surface area is 73.8 Å². The van der Waals surface area contributed by atoms with Gasteiger partial charge in [0.25, 0.3) is 0 Å². The minimum atomic E-state index is -3.44. The number of hydrogen-bond donors (Lipinski definition) is 1. The lowest BCUT2D eigenvalue weighted by Crippen LogP contribution is -2.39. The molecule has 0 aromatic heterocycles. The minimum Gasteiger partial charge on any atom is -0.287 e. The van der Waals surface area contributed by atoms with Crippen molar-refractivity contribution in [3.05, 3.63) is 0 Å². The Morgan fingerprint density at radius 2 is 2.00 bits per heavy atom. The molecule has 0 fully saturated rings. The summed E-state index contributed by atoms with van der Waals surface area (Å²) in [6.07, 6.45) is 0. The fraction of sp³-hybridized carbons (Fsp3) is 1.00. The van der Waals surface area contributed by atoms with Crippen LogP contribution < -0.4 is 4.72 Å². The molecule has 0 spiro atoms. The smallest absolute Gasteiger partial charge is 0.287 e. The van der Waals surface area contributed by atoms with E-state index in [9.17, 15) is 8.42 Å². The van der Waals surface area contributed by atoms with Gasteiger partial charge in [0.2, 0.25) is 0 Å². The van der Waals surface area contributed by atoms with Gasteiger partial charge in [0.15, 0.2) is 0 Å². The van der Waals surface area contributed by atoms with Gasteiger partial charge in [-0.1, -0.05) is 18.3 Å². The Kier molecular flexibility index (Phi) is 4.69. The highest BCUT2D eigenvalue weighted by molar-refractivity contribution is 7.86. The van der Waals surface area contributed by atoms with E-state index in [1.165, 1.54) is 14.2 Å². The van der Waals surface area contributed by atoms with Gasteiger partial charge < -0.3 is 0 Å². The van der Waals surface area contributed by atoms with Crippen LogP contribution in [-0.4, -0.2) is 33.6 Å². The molecule has 0 aliphatic heterocycles. The average Bonchev–Trinajstić information content (AvgIpc) is 1.99. The second-order valence-corrected chi connectivity index (χ2v) is 4.59. The van der Waals surface area contributed by atoms with Crippen LogP contribution in [0.5, 0.6) is 0 Å². The summed E-state index contributed by atoms with van der Waals surface area (Å²) in [4.78, 5) is 4.53. The first-order chi connectivity index (χ1) is 5.40. The second kappa shape index (κ2) is 4.76. The van der Waals surface area contributed by atoms with Crippen molar-refractivity contribution in [2.45, 2.75) is 13.8 Å². The maximum absolute atomic E-state index is 11.2. The van der Waals surface area contributed by atoms with Gasteiger partial charge in [-0.25, -0.2) is 4.72 Å². The summed E-state index contributed by atoms with van der Waals surface area (Å²) >= 11 is 0. The van der Waals surface area contributed by atoms with Gasteiger partial charge in [-0.3, -0.25) is 4.84 Å². The highest BCUT2D eigenvalue weighted by Gasteiger charge is 2.16. The van der Waals surface area contributed by atoms with Gasteiger partial charge >= 0.3 is 10.2 Å². The Bertz CT molecular complexity index is 213. The Hall–Kier alpha value is -0.170. The third kappa shape index (κ3) is 4.01. The fourth-order valence-electron chi connectivity index (χ4n) is 0.461. The van der Waals surface area contributed by atoms with Crippen LogP contribution in [0, 0.1) is 5.92 Å². The average molecular weight is 196 g/mol. The Morgan fingerprint density at radius 3 is 2.33 bits per heavy atom. The van der Waals surface area contributed by atoms with Crippen molar-refractivity contribution in [3.8, 4) is 0 Å². The van der Waals surface area contributed by atoms with E-state index in [4.69, 9.17) is 0 Å². The predicted molar refractivity (Wildman–Crippen MR) is 46.5 cm³/mol. The third-order valence-corrected chi connectivity index (χ3v) is 2.63. The summed E-state index contributed by atoms with van der Waals surface area (Å²) in [5.41, 5.74) is 0. The zero-order valence-corrected chi connectivity index (χ0v) is 8.68. The molecular formula is C6H16N2O3S. The van der Waals surface area contributed by atoms with Crippen molar-refractivity contribution in [2.75, 3.05) is 20.7 Å². The number of hydroxylamine groups is 1. The van der Waals surface area contributed by atoms with Crippen molar-refractivity contribution in [3.63, 3.8) is 0 Å². The summed E-state index contributed by atoms with van der Waals surface area (Å²) in [6, 6.07) is 0. The first-order valence-electron chi connectivity index (χ1n) is 3.67. The van der Waals surface area contributed by atoms with Crippen molar-refractivity contribution in [2.24, 2.45) is 5.92 Å². The molecule has 0 rings (SSSR count). The molecule has 0 bridgehead atoms. The van der Waals surface area contributed by atoms with E-state index >= 15 is 0 Å². The van der Waals surface area contributed by atoms with Crippen LogP contribution in [0.1, 0.15) is 13.8 Å². The molecule has 0 saturated heterocycles. The van der Waals surface area contributed by atoms with E-state index in [-0.39, 0.29) is 5.92 Å². The maximum atomic E-state index is 11.2. The molecule has 6 heteroatoms. The highest BCUT2D eigenvalue weighted by Crippen LogP contribution is 1.95. The number of nitrogens with one attached hydrogen (secondary N) is 1. The normalized spacial score (nSPS) is 12.8. The number of hydrogen-bond acceptors (Lipinski definition) is 3. The van der Waals surface area contributed by atoms with Gasteiger partial charge in [-0.15, -0.1) is 0 Å². The van der Waals surface area contributed by atoms with Crippen LogP contribution in [-0.2, 0) is 15.0 Å². The molecule has 0 aromatic carbocycles. The third-order valence-electron chi connectivity index (χ3n) is 1.27. The monoisotopic (exact) mass is 196 g/mol. The van der Waals surface area contributed by atoms with Crippen LogP contribution >= 0.6 is 0 Å². The zero-order valence-electron chi connectivity index (χ0n) is 7.86. The Morgan fingerprint density at radius 1 is 1.50 bits per heavy atom. The predicted octanol–water partition coefficient (Wildman–Crippen LogP) is -0.0300. The molecule has 5 nitrogen and oxygen atoms in total. The molecule has 0 atom stereocenters. The molecule has 0 heterocycles. The molecule has 0 saturated carbocycles. The van der Waals surface area contributed by atoms with Crippen molar-refractivity contribution in [1.82, 2.24) is 9.19 Å². The molecule has 74 valence electrons. The molecule has 0 amide bonds. The van der Waals surface area contributed by atoms with Crippen LogP contribution in [0.15, 0.2) is 0 Å². The lowest BCUT2D eigenvalue weighted by atomic mass is 10.2. The Balaban J connectivity index is 4.06. The van der Waals surface area contributed by atoms with E-state index in [0.29, 0.717) is 6.54 Å². The van der Waals surface area contributed by atoms with Crippen molar-refractivity contribution < 1.29 is 13.3 Å². The molecule has 0 aliphatic carbocycles. The highest BCUT2D eigenvalue weighted by atomic mass is 32.2. The molecule has 1 N–H and O–H groups in total. The SMILES string of the molecule is CON(C)S(=O)(=O)NCC(C)C. The summed E-state index contributed by atoms with van der Waals surface area (Å²) in [7, 11) is -0.808. The summed E-state index contributed by atoms with van der Waals surface area (Å²) in [5.74, 6) is 0.282. The molecule has 0 unspecified atom stereocenters. The lowest BCUT2D eigenvalue weighted by molar-refractivity contribution is -0.0271. The summed E-state index contributed by atoms with van der Waals surface area (Å²) < 4.78 is 25.5. The first kappa shape index (κ1) is 11.8. The van der Waals surface area contributed by atoms with E-state index in [1.807, 2.05) is 13.8 Å². The van der Waals surface area contributed by atoms with Crippen molar-refractivity contribution in [1.29, 1.82) is 0 Å². The molecular weight excluding hydrogens is 180 g/mol. The van der Waals surface area contributed by atoms with Crippen molar-refractivity contribution >= 4 is 10.2 Å². The minimum absolute atomic E-state index is 0.282. The number of rotatable bonds is 5. The van der Waals surface area contributed by atoms with Gasteiger partial charge in [0.05, 0.1) is 7.11 Å². The van der Waals surface area contributed by atoms with Gasteiger partial charge in [0.1, 0.15) is 0 Å². The summed E-state index contributed by atoms with van der Waals surface area (Å²) in [6.45, 7) is 4.26. The van der Waals surface area contributed by atoms with Gasteiger partial charge in [-0.05, 0) is 5.92 Å². The van der Waals surface area contributed by atoms with Gasteiger partial charge in [0, 0.05) is 13.6 Å². The maximum Gasteiger partial charge on any atom is 0.301 e. The lowest BCUT2D eigenvalue weighted by Gasteiger charge is -2.15. The quantitative estimate of drug-likeness (QED) is 0.628. The molecule has 0 aliphatic rings. The van der Waals surface area contributed by atoms with Gasteiger partial charge in [-0.2, -0.15) is 8.42 Å². The van der Waals surface area contributed by atoms with Crippen LogP contribution in [0.25, 0.3) is 0 Å². The fourth-order valence-corrected chi connectivity index (χ4v) is 1.38. The topological polar surface area (TPSA) is 58.6 Å². The van der Waals surface area contributed by atoms with E-state index in [2.05, 4.69) is 9.56 Å². The summed E-state index contributed by atoms with van der Waals surface area (Å²) in [5, 5.41) is 0. The standard InChI is InChI=1S/C6H16N2O3S/c1-6(2)5-7-12(9,10)8(3)11-4/h6-7H,5H2,1-4H3. The molecule has 0 radical (unpaired) electrons. The van der Waals surface area contributed by atoms with Crippen LogP contribution in [0.4, 0.5) is 0 Å². The van der Waals surface area contributed by atoms with E-state index in [0.717, 1.165) is 4.47 Å². The van der Waals surface area contributed by atoms with Crippen LogP contribution in [0.3, 0.4) is 0 Å². The van der Waals surface area contributed by atoms with E-state index in [1.54, 1.807) is 0 Å².